The number of rotatable bonds is 4. The van der Waals surface area contributed by atoms with Crippen molar-refractivity contribution in [1.82, 2.24) is 5.32 Å². The maximum Gasteiger partial charge on any atom is 0.131 e. The van der Waals surface area contributed by atoms with Gasteiger partial charge in [-0.05, 0) is 25.8 Å². The average molecular weight is 253 g/mol. The van der Waals surface area contributed by atoms with Crippen molar-refractivity contribution in [3.63, 3.8) is 0 Å². The summed E-state index contributed by atoms with van der Waals surface area (Å²) in [4.78, 5) is 0. The maximum atomic E-state index is 13.9. The summed E-state index contributed by atoms with van der Waals surface area (Å²) >= 11 is 0. The first-order valence-electron chi connectivity index (χ1n) is 6.38. The van der Waals surface area contributed by atoms with Gasteiger partial charge >= 0.3 is 0 Å². The third-order valence-electron chi connectivity index (χ3n) is 3.32. The van der Waals surface area contributed by atoms with Gasteiger partial charge < -0.3 is 14.8 Å². The number of nitrogens with one attached hydrogen (secondary N) is 1. The second-order valence-electron chi connectivity index (χ2n) is 4.69. The molecular formula is C14H20FNO2. The van der Waals surface area contributed by atoms with E-state index in [1.807, 2.05) is 6.92 Å². The van der Waals surface area contributed by atoms with Gasteiger partial charge in [0.25, 0.3) is 0 Å². The van der Waals surface area contributed by atoms with Crippen LogP contribution in [0.15, 0.2) is 18.2 Å². The van der Waals surface area contributed by atoms with Crippen LogP contribution in [-0.4, -0.2) is 26.4 Å². The zero-order valence-electron chi connectivity index (χ0n) is 10.9. The Morgan fingerprint density at radius 2 is 2.33 bits per heavy atom. The van der Waals surface area contributed by atoms with Crippen LogP contribution >= 0.6 is 0 Å². The highest BCUT2D eigenvalue weighted by Gasteiger charge is 2.18. The Kier molecular flexibility index (Phi) is 4.55. The van der Waals surface area contributed by atoms with E-state index in [1.165, 1.54) is 13.2 Å². The van der Waals surface area contributed by atoms with E-state index < -0.39 is 0 Å². The monoisotopic (exact) mass is 253 g/mol. The summed E-state index contributed by atoms with van der Waals surface area (Å²) < 4.78 is 24.3. The average Bonchev–Trinajstić information content (AvgIpc) is 2.39. The highest BCUT2D eigenvalue weighted by molar-refractivity contribution is 5.30. The molecular weight excluding hydrogens is 233 g/mol. The Balaban J connectivity index is 2.01. The Hall–Kier alpha value is -1.13. The lowest BCUT2D eigenvalue weighted by atomic mass is 10.0. The maximum absolute atomic E-state index is 13.9. The first-order chi connectivity index (χ1) is 8.70. The molecule has 0 saturated carbocycles. The van der Waals surface area contributed by atoms with Crippen LogP contribution in [0.1, 0.15) is 31.4 Å². The fourth-order valence-corrected chi connectivity index (χ4v) is 2.30. The molecule has 3 nitrogen and oxygen atoms in total. The van der Waals surface area contributed by atoms with Crippen molar-refractivity contribution < 1.29 is 13.9 Å². The predicted molar refractivity (Wildman–Crippen MR) is 68.3 cm³/mol. The normalized spacial score (nSPS) is 21.6. The van der Waals surface area contributed by atoms with E-state index >= 15 is 0 Å². The third kappa shape index (κ3) is 3.21. The number of methoxy groups -OCH3 is 1. The summed E-state index contributed by atoms with van der Waals surface area (Å²) in [7, 11) is 1.54. The Bertz CT molecular complexity index is 391. The molecule has 1 heterocycles. The van der Waals surface area contributed by atoms with Crippen LogP contribution in [0.5, 0.6) is 5.75 Å². The highest BCUT2D eigenvalue weighted by atomic mass is 19.1. The molecule has 18 heavy (non-hydrogen) atoms. The molecule has 2 rings (SSSR count). The molecule has 0 bridgehead atoms. The molecule has 0 aliphatic carbocycles. The van der Waals surface area contributed by atoms with Crippen LogP contribution in [0, 0.1) is 5.82 Å². The van der Waals surface area contributed by atoms with Crippen molar-refractivity contribution in [2.45, 2.75) is 31.8 Å². The molecule has 1 aromatic carbocycles. The van der Waals surface area contributed by atoms with Gasteiger partial charge in [0.15, 0.2) is 0 Å². The minimum atomic E-state index is -0.230. The third-order valence-corrected chi connectivity index (χ3v) is 3.32. The zero-order valence-corrected chi connectivity index (χ0v) is 10.9. The lowest BCUT2D eigenvalue weighted by Gasteiger charge is -2.27. The number of hydrogen-bond acceptors (Lipinski definition) is 3. The molecule has 0 amide bonds. The van der Waals surface area contributed by atoms with Crippen molar-refractivity contribution in [3.05, 3.63) is 29.6 Å². The topological polar surface area (TPSA) is 30.5 Å². The Labute approximate surface area is 107 Å². The fourth-order valence-electron chi connectivity index (χ4n) is 2.30. The van der Waals surface area contributed by atoms with E-state index in [2.05, 4.69) is 5.32 Å². The van der Waals surface area contributed by atoms with Gasteiger partial charge in [0.2, 0.25) is 0 Å². The molecule has 100 valence electrons. The van der Waals surface area contributed by atoms with Gasteiger partial charge in [0.1, 0.15) is 11.6 Å². The Morgan fingerprint density at radius 3 is 2.94 bits per heavy atom. The molecule has 0 radical (unpaired) electrons. The van der Waals surface area contributed by atoms with E-state index in [-0.39, 0.29) is 11.9 Å². The van der Waals surface area contributed by atoms with Gasteiger partial charge in [0.05, 0.1) is 13.7 Å². The summed E-state index contributed by atoms with van der Waals surface area (Å²) in [6.07, 6.45) is 2.15. The van der Waals surface area contributed by atoms with Crippen LogP contribution in [0.4, 0.5) is 4.39 Å². The van der Waals surface area contributed by atoms with E-state index in [0.29, 0.717) is 24.0 Å². The molecule has 2 unspecified atom stereocenters. The lowest BCUT2D eigenvalue weighted by Crippen LogP contribution is -2.38. The van der Waals surface area contributed by atoms with Gasteiger partial charge in [0, 0.05) is 30.3 Å². The molecule has 1 N–H and O–H groups in total. The second-order valence-corrected chi connectivity index (χ2v) is 4.69. The molecule has 1 aliphatic rings. The number of halogens is 1. The van der Waals surface area contributed by atoms with Crippen LogP contribution in [0.2, 0.25) is 0 Å². The van der Waals surface area contributed by atoms with Gasteiger partial charge in [-0.2, -0.15) is 0 Å². The molecule has 1 fully saturated rings. The van der Waals surface area contributed by atoms with E-state index in [1.54, 1.807) is 12.1 Å². The second kappa shape index (κ2) is 6.16. The SMILES string of the molecule is COc1ccc(C(C)NC2CCCOC2)c(F)c1. The van der Waals surface area contributed by atoms with Gasteiger partial charge in [-0.3, -0.25) is 0 Å². The van der Waals surface area contributed by atoms with Gasteiger partial charge in [-0.1, -0.05) is 6.07 Å². The van der Waals surface area contributed by atoms with Crippen LogP contribution in [-0.2, 0) is 4.74 Å². The van der Waals surface area contributed by atoms with Crippen molar-refractivity contribution in [2.24, 2.45) is 0 Å². The summed E-state index contributed by atoms with van der Waals surface area (Å²) in [5.74, 6) is 0.315. The minimum absolute atomic E-state index is 0.0254. The quantitative estimate of drug-likeness (QED) is 0.895. The minimum Gasteiger partial charge on any atom is -0.497 e. The summed E-state index contributed by atoms with van der Waals surface area (Å²) in [6, 6.07) is 5.27. The summed E-state index contributed by atoms with van der Waals surface area (Å²) in [6.45, 7) is 3.52. The van der Waals surface area contributed by atoms with Crippen molar-refractivity contribution in [1.29, 1.82) is 0 Å². The van der Waals surface area contributed by atoms with E-state index in [4.69, 9.17) is 9.47 Å². The number of benzene rings is 1. The highest BCUT2D eigenvalue weighted by Crippen LogP contribution is 2.22. The predicted octanol–water partition coefficient (Wildman–Crippen LogP) is 2.66. The molecule has 1 aromatic rings. The summed E-state index contributed by atoms with van der Waals surface area (Å²) in [5.41, 5.74) is 0.668. The molecule has 0 spiro atoms. The van der Waals surface area contributed by atoms with Crippen molar-refractivity contribution >= 4 is 0 Å². The smallest absolute Gasteiger partial charge is 0.131 e. The molecule has 1 saturated heterocycles. The molecule has 0 aromatic heterocycles. The lowest BCUT2D eigenvalue weighted by molar-refractivity contribution is 0.0669. The molecule has 4 heteroatoms. The van der Waals surface area contributed by atoms with Crippen LogP contribution in [0.3, 0.4) is 0 Å². The first-order valence-corrected chi connectivity index (χ1v) is 6.38. The molecule has 1 aliphatic heterocycles. The van der Waals surface area contributed by atoms with Gasteiger partial charge in [-0.25, -0.2) is 4.39 Å². The summed E-state index contributed by atoms with van der Waals surface area (Å²) in [5, 5.41) is 3.41. The Morgan fingerprint density at radius 1 is 1.50 bits per heavy atom. The van der Waals surface area contributed by atoms with E-state index in [9.17, 15) is 4.39 Å². The van der Waals surface area contributed by atoms with Crippen molar-refractivity contribution in [2.75, 3.05) is 20.3 Å². The van der Waals surface area contributed by atoms with Crippen LogP contribution in [0.25, 0.3) is 0 Å². The molecule has 2 atom stereocenters. The first kappa shape index (κ1) is 13.3. The van der Waals surface area contributed by atoms with Gasteiger partial charge in [-0.15, -0.1) is 0 Å². The standard InChI is InChI=1S/C14H20FNO2/c1-10(16-11-4-3-7-18-9-11)13-6-5-12(17-2)8-14(13)15/h5-6,8,10-11,16H,3-4,7,9H2,1-2H3. The van der Waals surface area contributed by atoms with Crippen LogP contribution < -0.4 is 10.1 Å². The van der Waals surface area contributed by atoms with Crippen molar-refractivity contribution in [3.8, 4) is 5.75 Å². The largest absolute Gasteiger partial charge is 0.497 e. The zero-order chi connectivity index (χ0) is 13.0. The number of hydrogen-bond donors (Lipinski definition) is 1. The fraction of sp³-hybridized carbons (Fsp3) is 0.571. The number of ether oxygens (including phenoxy) is 2. The van der Waals surface area contributed by atoms with E-state index in [0.717, 1.165) is 19.4 Å².